The number of nitrogens with one attached hydrogen (secondary N) is 1. The van der Waals surface area contributed by atoms with Gasteiger partial charge in [0.25, 0.3) is 6.01 Å². The molecule has 0 aliphatic carbocycles. The summed E-state index contributed by atoms with van der Waals surface area (Å²) < 4.78 is 5.56. The Labute approximate surface area is 122 Å². The normalized spacial score (nSPS) is 13.3. The van der Waals surface area contributed by atoms with Crippen LogP contribution in [0, 0.1) is 5.41 Å². The third-order valence-corrected chi connectivity index (χ3v) is 3.40. The summed E-state index contributed by atoms with van der Waals surface area (Å²) in [5, 5.41) is 21.3. The number of aromatic carboxylic acids is 1. The number of anilines is 1. The van der Waals surface area contributed by atoms with Gasteiger partial charge in [-0.1, -0.05) is 20.8 Å². The standard InChI is InChI=1S/C15H20N2O4/c1-15(2,3)12(6-7-18)17-14-16-10-5-4-9(13(19)20)8-11(10)21-14/h4-5,8,12,18H,6-7H2,1-3H3,(H,16,17)(H,19,20). The van der Waals surface area contributed by atoms with Gasteiger partial charge in [0.2, 0.25) is 0 Å². The Kier molecular flexibility index (Phi) is 4.18. The second kappa shape index (κ2) is 5.73. The van der Waals surface area contributed by atoms with Crippen molar-refractivity contribution in [3.8, 4) is 0 Å². The predicted octanol–water partition coefficient (Wildman–Crippen LogP) is 2.74. The molecule has 1 unspecified atom stereocenters. The predicted molar refractivity (Wildman–Crippen MR) is 79.5 cm³/mol. The fourth-order valence-electron chi connectivity index (χ4n) is 2.12. The molecule has 1 aromatic heterocycles. The van der Waals surface area contributed by atoms with Crippen LogP contribution < -0.4 is 5.32 Å². The fraction of sp³-hybridized carbons (Fsp3) is 0.467. The molecule has 0 aliphatic heterocycles. The minimum Gasteiger partial charge on any atom is -0.478 e. The number of fused-ring (bicyclic) bond motifs is 1. The van der Waals surface area contributed by atoms with E-state index in [9.17, 15) is 4.79 Å². The van der Waals surface area contributed by atoms with E-state index >= 15 is 0 Å². The molecular weight excluding hydrogens is 272 g/mol. The molecule has 0 saturated carbocycles. The van der Waals surface area contributed by atoms with Crippen molar-refractivity contribution in [2.75, 3.05) is 11.9 Å². The lowest BCUT2D eigenvalue weighted by Crippen LogP contribution is -2.34. The average molecular weight is 292 g/mol. The highest BCUT2D eigenvalue weighted by atomic mass is 16.4. The molecule has 0 amide bonds. The molecule has 2 aromatic rings. The van der Waals surface area contributed by atoms with Gasteiger partial charge >= 0.3 is 5.97 Å². The van der Waals surface area contributed by atoms with Crippen LogP contribution in [0.1, 0.15) is 37.6 Å². The Hall–Kier alpha value is -2.08. The number of oxazole rings is 1. The van der Waals surface area contributed by atoms with Crippen LogP contribution in [0.15, 0.2) is 22.6 Å². The number of carboxylic acid groups (broad SMARTS) is 1. The summed E-state index contributed by atoms with van der Waals surface area (Å²) in [5.74, 6) is -1.00. The van der Waals surface area contributed by atoms with Gasteiger partial charge in [0.15, 0.2) is 5.58 Å². The van der Waals surface area contributed by atoms with Crippen LogP contribution in [0.5, 0.6) is 0 Å². The van der Waals surface area contributed by atoms with Gasteiger partial charge in [0, 0.05) is 12.6 Å². The molecule has 6 heteroatoms. The van der Waals surface area contributed by atoms with E-state index in [2.05, 4.69) is 31.1 Å². The molecule has 1 heterocycles. The number of hydrogen-bond acceptors (Lipinski definition) is 5. The zero-order valence-corrected chi connectivity index (χ0v) is 12.4. The Balaban J connectivity index is 2.28. The molecule has 0 fully saturated rings. The van der Waals surface area contributed by atoms with Gasteiger partial charge in [0.05, 0.1) is 5.56 Å². The fourth-order valence-corrected chi connectivity index (χ4v) is 2.12. The second-order valence-electron chi connectivity index (χ2n) is 6.08. The summed E-state index contributed by atoms with van der Waals surface area (Å²) in [4.78, 5) is 15.2. The van der Waals surface area contributed by atoms with Crippen molar-refractivity contribution in [2.24, 2.45) is 5.41 Å². The number of rotatable bonds is 5. The number of aliphatic hydroxyl groups is 1. The summed E-state index contributed by atoms with van der Waals surface area (Å²) in [7, 11) is 0. The summed E-state index contributed by atoms with van der Waals surface area (Å²) >= 11 is 0. The smallest absolute Gasteiger partial charge is 0.335 e. The van der Waals surface area contributed by atoms with E-state index < -0.39 is 5.97 Å². The number of nitrogens with zero attached hydrogens (tertiary/aromatic N) is 1. The molecule has 0 aliphatic rings. The molecule has 21 heavy (non-hydrogen) atoms. The first kappa shape index (κ1) is 15.3. The summed E-state index contributed by atoms with van der Waals surface area (Å²) in [6, 6.07) is 4.89. The third-order valence-electron chi connectivity index (χ3n) is 3.40. The van der Waals surface area contributed by atoms with Crippen molar-refractivity contribution in [1.82, 2.24) is 4.98 Å². The molecule has 114 valence electrons. The van der Waals surface area contributed by atoms with Gasteiger partial charge in [-0.3, -0.25) is 0 Å². The Bertz CT molecular complexity index is 643. The van der Waals surface area contributed by atoms with Gasteiger partial charge in [-0.15, -0.1) is 0 Å². The highest BCUT2D eigenvalue weighted by Gasteiger charge is 2.25. The Morgan fingerprint density at radius 2 is 2.14 bits per heavy atom. The highest BCUT2D eigenvalue weighted by Crippen LogP contribution is 2.27. The SMILES string of the molecule is CC(C)(C)C(CCO)Nc1nc2ccc(C(=O)O)cc2o1. The topological polar surface area (TPSA) is 95.6 Å². The molecule has 0 bridgehead atoms. The molecule has 0 radical (unpaired) electrons. The molecule has 0 spiro atoms. The number of aliphatic hydroxyl groups excluding tert-OH is 1. The van der Waals surface area contributed by atoms with Crippen LogP contribution in [0.25, 0.3) is 11.1 Å². The monoisotopic (exact) mass is 292 g/mol. The second-order valence-corrected chi connectivity index (χ2v) is 6.08. The average Bonchev–Trinajstić information content (AvgIpc) is 2.78. The largest absolute Gasteiger partial charge is 0.478 e. The molecule has 2 rings (SSSR count). The molecule has 0 saturated heterocycles. The van der Waals surface area contributed by atoms with Gasteiger partial charge in [-0.25, -0.2) is 4.79 Å². The first-order chi connectivity index (χ1) is 9.81. The first-order valence-electron chi connectivity index (χ1n) is 6.82. The minimum absolute atomic E-state index is 0.00509. The van der Waals surface area contributed by atoms with E-state index in [0.29, 0.717) is 23.5 Å². The molecular formula is C15H20N2O4. The third kappa shape index (κ3) is 3.52. The summed E-state index contributed by atoms with van der Waals surface area (Å²) in [6.07, 6.45) is 0.572. The Morgan fingerprint density at radius 1 is 1.43 bits per heavy atom. The highest BCUT2D eigenvalue weighted by molar-refractivity contribution is 5.92. The summed E-state index contributed by atoms with van der Waals surface area (Å²) in [5.41, 5.74) is 1.11. The van der Waals surface area contributed by atoms with Crippen molar-refractivity contribution in [2.45, 2.75) is 33.2 Å². The van der Waals surface area contributed by atoms with Crippen molar-refractivity contribution in [3.63, 3.8) is 0 Å². The zero-order chi connectivity index (χ0) is 15.6. The molecule has 6 nitrogen and oxygen atoms in total. The van der Waals surface area contributed by atoms with E-state index in [1.807, 2.05) is 0 Å². The van der Waals surface area contributed by atoms with E-state index in [-0.39, 0.29) is 23.6 Å². The number of carboxylic acids is 1. The van der Waals surface area contributed by atoms with Crippen molar-refractivity contribution in [3.05, 3.63) is 23.8 Å². The van der Waals surface area contributed by atoms with Gasteiger partial charge in [-0.2, -0.15) is 4.98 Å². The number of benzene rings is 1. The van der Waals surface area contributed by atoms with Crippen LogP contribution in [0.4, 0.5) is 6.01 Å². The molecule has 1 aromatic carbocycles. The van der Waals surface area contributed by atoms with Crippen LogP contribution in [-0.2, 0) is 0 Å². The van der Waals surface area contributed by atoms with E-state index in [4.69, 9.17) is 14.6 Å². The first-order valence-corrected chi connectivity index (χ1v) is 6.82. The number of hydrogen-bond donors (Lipinski definition) is 3. The van der Waals surface area contributed by atoms with Crippen molar-refractivity contribution >= 4 is 23.1 Å². The van der Waals surface area contributed by atoms with Gasteiger partial charge in [-0.05, 0) is 30.0 Å². The quantitative estimate of drug-likeness (QED) is 0.784. The Morgan fingerprint density at radius 3 is 2.71 bits per heavy atom. The van der Waals surface area contributed by atoms with Gasteiger partial charge < -0.3 is 19.9 Å². The maximum Gasteiger partial charge on any atom is 0.335 e. The van der Waals surface area contributed by atoms with Crippen molar-refractivity contribution in [1.29, 1.82) is 0 Å². The van der Waals surface area contributed by atoms with Crippen LogP contribution in [-0.4, -0.2) is 33.8 Å². The molecule has 1 atom stereocenters. The lowest BCUT2D eigenvalue weighted by atomic mass is 9.85. The lowest BCUT2D eigenvalue weighted by Gasteiger charge is -2.30. The number of carbonyl (C=O) groups is 1. The zero-order valence-electron chi connectivity index (χ0n) is 12.4. The van der Waals surface area contributed by atoms with Crippen LogP contribution >= 0.6 is 0 Å². The number of aromatic nitrogens is 1. The summed E-state index contributed by atoms with van der Waals surface area (Å²) in [6.45, 7) is 6.25. The molecule has 3 N–H and O–H groups in total. The van der Waals surface area contributed by atoms with E-state index in [1.54, 1.807) is 6.07 Å². The van der Waals surface area contributed by atoms with E-state index in [1.165, 1.54) is 12.1 Å². The van der Waals surface area contributed by atoms with Crippen LogP contribution in [0.2, 0.25) is 0 Å². The maximum atomic E-state index is 10.9. The van der Waals surface area contributed by atoms with Crippen molar-refractivity contribution < 1.29 is 19.4 Å². The maximum absolute atomic E-state index is 10.9. The lowest BCUT2D eigenvalue weighted by molar-refractivity contribution is 0.0697. The van der Waals surface area contributed by atoms with Gasteiger partial charge in [0.1, 0.15) is 5.52 Å². The van der Waals surface area contributed by atoms with Crippen LogP contribution in [0.3, 0.4) is 0 Å². The minimum atomic E-state index is -1.00. The van der Waals surface area contributed by atoms with E-state index in [0.717, 1.165) is 0 Å².